The Balaban J connectivity index is 1.46. The van der Waals surface area contributed by atoms with Crippen LogP contribution in [0.3, 0.4) is 0 Å². The normalized spacial score (nSPS) is 24.1. The largest absolute Gasteiger partial charge is 0.379 e. The third kappa shape index (κ3) is 4.34. The number of nitrogens with zero attached hydrogens (tertiary/aromatic N) is 4. The molecule has 0 unspecified atom stereocenters. The number of amides is 1. The Morgan fingerprint density at radius 1 is 1.31 bits per heavy atom. The first-order valence-electron chi connectivity index (χ1n) is 11.6. The molecular formula is C23H28FN7O4. The van der Waals surface area contributed by atoms with Crippen molar-refractivity contribution in [2.45, 2.75) is 43.6 Å². The molecule has 11 nitrogen and oxygen atoms in total. The number of ether oxygens (including phenoxy) is 2. The number of nitrogens with one attached hydrogen (secondary N) is 3. The molecule has 186 valence electrons. The van der Waals surface area contributed by atoms with Crippen molar-refractivity contribution >= 4 is 28.9 Å². The minimum atomic E-state index is -1.03. The molecule has 4 heterocycles. The number of pyridine rings is 1. The zero-order chi connectivity index (χ0) is 24.5. The summed E-state index contributed by atoms with van der Waals surface area (Å²) in [6.07, 6.45) is 3.59. The third-order valence-electron chi connectivity index (χ3n) is 6.65. The number of methoxy groups -OCH3 is 1. The van der Waals surface area contributed by atoms with E-state index >= 15 is 0 Å². The van der Waals surface area contributed by atoms with Crippen molar-refractivity contribution < 1.29 is 18.7 Å². The predicted molar refractivity (Wildman–Crippen MR) is 127 cm³/mol. The Hall–Kier alpha value is -3.51. The van der Waals surface area contributed by atoms with Crippen molar-refractivity contribution in [1.29, 1.82) is 0 Å². The van der Waals surface area contributed by atoms with Crippen LogP contribution in [0.15, 0.2) is 35.4 Å². The average molecular weight is 486 g/mol. The monoisotopic (exact) mass is 485 g/mol. The van der Waals surface area contributed by atoms with Crippen LogP contribution >= 0.6 is 0 Å². The molecule has 5 rings (SSSR count). The third-order valence-corrected chi connectivity index (χ3v) is 6.65. The highest BCUT2D eigenvalue weighted by molar-refractivity contribution is 6.00. The molecule has 1 aliphatic heterocycles. The summed E-state index contributed by atoms with van der Waals surface area (Å²) in [4.78, 5) is 30.6. The SMILES string of the molecule is CNc1cc(Nc2cccn([C@H]3CCOC[C@H]3OC)c2=O)nc2c(C(=O)N[C@H]3CC[C@H]3F)cnn12. The zero-order valence-electron chi connectivity index (χ0n) is 19.5. The van der Waals surface area contributed by atoms with Crippen LogP contribution in [0, 0.1) is 0 Å². The van der Waals surface area contributed by atoms with Gasteiger partial charge in [-0.05, 0) is 31.4 Å². The Kier molecular flexibility index (Phi) is 6.39. The van der Waals surface area contributed by atoms with E-state index in [0.29, 0.717) is 49.8 Å². The molecule has 3 N–H and O–H groups in total. The molecule has 1 amide bonds. The van der Waals surface area contributed by atoms with Gasteiger partial charge < -0.3 is 30.0 Å². The molecule has 0 aromatic carbocycles. The molecular weight excluding hydrogens is 457 g/mol. The highest BCUT2D eigenvalue weighted by Gasteiger charge is 2.33. The Morgan fingerprint density at radius 2 is 2.17 bits per heavy atom. The number of rotatable bonds is 7. The number of alkyl halides is 1. The van der Waals surface area contributed by atoms with Crippen LogP contribution in [-0.2, 0) is 9.47 Å². The molecule has 3 aromatic rings. The smallest absolute Gasteiger partial charge is 0.274 e. The molecule has 12 heteroatoms. The van der Waals surface area contributed by atoms with E-state index in [9.17, 15) is 14.0 Å². The van der Waals surface area contributed by atoms with Gasteiger partial charge in [-0.1, -0.05) is 0 Å². The fourth-order valence-corrected chi connectivity index (χ4v) is 4.48. The highest BCUT2D eigenvalue weighted by atomic mass is 19.1. The van der Waals surface area contributed by atoms with Gasteiger partial charge in [-0.15, -0.1) is 0 Å². The fraction of sp³-hybridized carbons (Fsp3) is 0.478. The molecule has 0 spiro atoms. The van der Waals surface area contributed by atoms with Crippen LogP contribution in [0.25, 0.3) is 5.65 Å². The topological polar surface area (TPSA) is 124 Å². The molecule has 35 heavy (non-hydrogen) atoms. The van der Waals surface area contributed by atoms with Crippen LogP contribution < -0.4 is 21.5 Å². The standard InChI is InChI=1S/C23H28FN7O4/c1-25-20-10-19(29-21-13(11-26-31(20)21)22(32)28-15-6-5-14(15)24)27-16-4-3-8-30(23(16)33)17-7-9-35-12-18(17)34-2/h3-4,8,10-11,14-15,17-18,25H,5-7,9,12H2,1-2H3,(H,27,29)(H,28,32)/t14-,15+,17+,18-/m1/s1. The van der Waals surface area contributed by atoms with E-state index in [4.69, 9.17) is 9.47 Å². The summed E-state index contributed by atoms with van der Waals surface area (Å²) in [7, 11) is 3.32. The number of fused-ring (bicyclic) bond motifs is 1. The maximum Gasteiger partial charge on any atom is 0.274 e. The minimum Gasteiger partial charge on any atom is -0.379 e. The van der Waals surface area contributed by atoms with Crippen LogP contribution in [0.1, 0.15) is 35.7 Å². The van der Waals surface area contributed by atoms with Gasteiger partial charge in [0.05, 0.1) is 24.9 Å². The Labute approximate surface area is 200 Å². The molecule has 0 bridgehead atoms. The van der Waals surface area contributed by atoms with E-state index in [1.165, 1.54) is 10.7 Å². The van der Waals surface area contributed by atoms with Crippen LogP contribution in [0.5, 0.6) is 0 Å². The van der Waals surface area contributed by atoms with Crippen molar-refractivity contribution in [2.24, 2.45) is 0 Å². The van der Waals surface area contributed by atoms with E-state index < -0.39 is 18.1 Å². The van der Waals surface area contributed by atoms with Gasteiger partial charge in [0, 0.05) is 33.0 Å². The van der Waals surface area contributed by atoms with E-state index in [1.54, 1.807) is 43.1 Å². The van der Waals surface area contributed by atoms with Crippen molar-refractivity contribution in [3.05, 3.63) is 46.5 Å². The second-order valence-electron chi connectivity index (χ2n) is 8.71. The molecule has 1 saturated heterocycles. The summed E-state index contributed by atoms with van der Waals surface area (Å²) < 4.78 is 27.8. The van der Waals surface area contributed by atoms with Gasteiger partial charge in [0.25, 0.3) is 11.5 Å². The van der Waals surface area contributed by atoms with Crippen molar-refractivity contribution in [1.82, 2.24) is 24.5 Å². The van der Waals surface area contributed by atoms with Crippen LogP contribution in [-0.4, -0.2) is 70.8 Å². The maximum atomic E-state index is 13.7. The summed E-state index contributed by atoms with van der Waals surface area (Å²) in [6.45, 7) is 0.972. The number of hydrogen-bond donors (Lipinski definition) is 3. The van der Waals surface area contributed by atoms with Gasteiger partial charge in [0.2, 0.25) is 0 Å². The second kappa shape index (κ2) is 9.62. The van der Waals surface area contributed by atoms with Gasteiger partial charge in [0.1, 0.15) is 35.2 Å². The van der Waals surface area contributed by atoms with Gasteiger partial charge in [0.15, 0.2) is 5.65 Å². The van der Waals surface area contributed by atoms with Gasteiger partial charge in [-0.25, -0.2) is 9.37 Å². The maximum absolute atomic E-state index is 13.7. The second-order valence-corrected chi connectivity index (χ2v) is 8.71. The molecule has 4 atom stereocenters. The van der Waals surface area contributed by atoms with Crippen molar-refractivity contribution in [3.63, 3.8) is 0 Å². The van der Waals surface area contributed by atoms with Crippen molar-refractivity contribution in [3.8, 4) is 0 Å². The van der Waals surface area contributed by atoms with Crippen LogP contribution in [0.4, 0.5) is 21.7 Å². The molecule has 2 fully saturated rings. The molecule has 3 aromatic heterocycles. The summed E-state index contributed by atoms with van der Waals surface area (Å²) in [6, 6.07) is 4.50. The Bertz CT molecular complexity index is 1290. The zero-order valence-corrected chi connectivity index (χ0v) is 19.5. The lowest BCUT2D eigenvalue weighted by molar-refractivity contribution is -0.0609. The summed E-state index contributed by atoms with van der Waals surface area (Å²) >= 11 is 0. The number of aromatic nitrogens is 4. The molecule has 0 radical (unpaired) electrons. The van der Waals surface area contributed by atoms with Crippen LogP contribution in [0.2, 0.25) is 0 Å². The number of halogens is 1. The lowest BCUT2D eigenvalue weighted by Gasteiger charge is -2.32. The highest BCUT2D eigenvalue weighted by Crippen LogP contribution is 2.26. The minimum absolute atomic E-state index is 0.151. The van der Waals surface area contributed by atoms with E-state index in [1.807, 2.05) is 0 Å². The first-order valence-corrected chi connectivity index (χ1v) is 11.6. The van der Waals surface area contributed by atoms with E-state index in [2.05, 4.69) is 26.0 Å². The van der Waals surface area contributed by atoms with Gasteiger partial charge >= 0.3 is 0 Å². The lowest BCUT2D eigenvalue weighted by Crippen LogP contribution is -2.48. The number of carbonyl (C=O) groups is 1. The first-order chi connectivity index (χ1) is 17.0. The molecule has 2 aliphatic rings. The summed E-state index contributed by atoms with van der Waals surface area (Å²) in [5.74, 6) is 0.475. The van der Waals surface area contributed by atoms with Crippen molar-refractivity contribution in [2.75, 3.05) is 38.0 Å². The fourth-order valence-electron chi connectivity index (χ4n) is 4.48. The first kappa shape index (κ1) is 23.2. The number of hydrogen-bond acceptors (Lipinski definition) is 8. The predicted octanol–water partition coefficient (Wildman–Crippen LogP) is 1.88. The van der Waals surface area contributed by atoms with Gasteiger partial charge in [-0.3, -0.25) is 9.59 Å². The number of carbonyl (C=O) groups excluding carboxylic acids is 1. The summed E-state index contributed by atoms with van der Waals surface area (Å²) in [5, 5.41) is 13.1. The van der Waals surface area contributed by atoms with E-state index in [0.717, 1.165) is 0 Å². The average Bonchev–Trinajstić information content (AvgIpc) is 3.31. The number of anilines is 3. The lowest BCUT2D eigenvalue weighted by atomic mass is 9.90. The summed E-state index contributed by atoms with van der Waals surface area (Å²) in [5.41, 5.74) is 0.610. The van der Waals surface area contributed by atoms with Gasteiger partial charge in [-0.2, -0.15) is 9.61 Å². The van der Waals surface area contributed by atoms with E-state index in [-0.39, 0.29) is 28.9 Å². The quantitative estimate of drug-likeness (QED) is 0.464. The Morgan fingerprint density at radius 3 is 2.89 bits per heavy atom. The molecule has 1 aliphatic carbocycles. The molecule has 1 saturated carbocycles.